The molecular formula is C16H13BrFN3. The number of nitrogens with two attached hydrogens (primary N) is 1. The number of halogens is 2. The monoisotopic (exact) mass is 345 g/mol. The van der Waals surface area contributed by atoms with Gasteiger partial charge in [-0.3, -0.25) is 10.8 Å². The molecule has 1 atom stereocenters. The molecule has 0 fully saturated rings. The van der Waals surface area contributed by atoms with Gasteiger partial charge in [0.2, 0.25) is 0 Å². The van der Waals surface area contributed by atoms with E-state index in [2.05, 4.69) is 26.3 Å². The second-order valence-corrected chi connectivity index (χ2v) is 5.58. The van der Waals surface area contributed by atoms with E-state index in [1.165, 1.54) is 6.07 Å². The zero-order valence-electron chi connectivity index (χ0n) is 11.1. The number of fused-ring (bicyclic) bond motifs is 1. The van der Waals surface area contributed by atoms with E-state index in [1.807, 2.05) is 36.4 Å². The van der Waals surface area contributed by atoms with Crippen LogP contribution >= 0.6 is 15.9 Å². The van der Waals surface area contributed by atoms with Crippen LogP contribution in [0.1, 0.15) is 17.2 Å². The Hall–Kier alpha value is -1.82. The molecule has 0 aliphatic carbocycles. The Bertz CT molecular complexity index is 791. The normalized spacial score (nSPS) is 12.5. The highest BCUT2D eigenvalue weighted by molar-refractivity contribution is 9.10. The third-order valence-corrected chi connectivity index (χ3v) is 4.05. The Labute approximate surface area is 130 Å². The summed E-state index contributed by atoms with van der Waals surface area (Å²) >= 11 is 3.15. The number of hydrazine groups is 1. The molecule has 21 heavy (non-hydrogen) atoms. The summed E-state index contributed by atoms with van der Waals surface area (Å²) in [6.07, 6.45) is 1.75. The van der Waals surface area contributed by atoms with E-state index < -0.39 is 0 Å². The maximum Gasteiger partial charge on any atom is 0.137 e. The summed E-state index contributed by atoms with van der Waals surface area (Å²) in [5, 5.41) is 1.02. The second-order valence-electron chi connectivity index (χ2n) is 4.73. The van der Waals surface area contributed by atoms with Crippen LogP contribution in [0.25, 0.3) is 10.9 Å². The van der Waals surface area contributed by atoms with Gasteiger partial charge >= 0.3 is 0 Å². The third-order valence-electron chi connectivity index (χ3n) is 3.40. The molecular weight excluding hydrogens is 333 g/mol. The van der Waals surface area contributed by atoms with E-state index in [0.29, 0.717) is 4.47 Å². The number of benzene rings is 2. The van der Waals surface area contributed by atoms with Gasteiger partial charge in [0.15, 0.2) is 0 Å². The minimum Gasteiger partial charge on any atom is -0.271 e. The van der Waals surface area contributed by atoms with Crippen molar-refractivity contribution in [1.82, 2.24) is 10.4 Å². The summed E-state index contributed by atoms with van der Waals surface area (Å²) in [4.78, 5) is 4.29. The van der Waals surface area contributed by atoms with Gasteiger partial charge < -0.3 is 0 Å². The summed E-state index contributed by atoms with van der Waals surface area (Å²) < 4.78 is 14.2. The van der Waals surface area contributed by atoms with Crippen LogP contribution in [0.4, 0.5) is 4.39 Å². The molecule has 0 saturated heterocycles. The lowest BCUT2D eigenvalue weighted by molar-refractivity contribution is 0.601. The summed E-state index contributed by atoms with van der Waals surface area (Å²) in [5.74, 6) is 5.36. The largest absolute Gasteiger partial charge is 0.271 e. The van der Waals surface area contributed by atoms with Crippen molar-refractivity contribution < 1.29 is 4.39 Å². The molecule has 0 spiro atoms. The van der Waals surface area contributed by atoms with Crippen LogP contribution < -0.4 is 11.3 Å². The first-order chi connectivity index (χ1) is 10.2. The molecule has 0 amide bonds. The third kappa shape index (κ3) is 2.81. The molecule has 5 heteroatoms. The zero-order chi connectivity index (χ0) is 14.8. The van der Waals surface area contributed by atoms with Crippen molar-refractivity contribution in [1.29, 1.82) is 0 Å². The topological polar surface area (TPSA) is 50.9 Å². The van der Waals surface area contributed by atoms with Crippen LogP contribution in [0.15, 0.2) is 59.2 Å². The van der Waals surface area contributed by atoms with Crippen LogP contribution in [0.2, 0.25) is 0 Å². The highest BCUT2D eigenvalue weighted by atomic mass is 79.9. The smallest absolute Gasteiger partial charge is 0.137 e. The molecule has 0 aliphatic heterocycles. The average Bonchev–Trinajstić information content (AvgIpc) is 2.51. The standard InChI is InChI=1S/C16H13BrFN3/c17-13-5-3-12(9-14(13)18)16(21-19)11-4-6-15-10(8-11)2-1-7-20-15/h1-9,16,21H,19H2. The van der Waals surface area contributed by atoms with E-state index in [1.54, 1.807) is 12.3 Å². The van der Waals surface area contributed by atoms with Crippen LogP contribution in [0.5, 0.6) is 0 Å². The van der Waals surface area contributed by atoms with Gasteiger partial charge in [0, 0.05) is 11.6 Å². The molecule has 1 heterocycles. The Balaban J connectivity index is 2.06. The number of hydrogen-bond donors (Lipinski definition) is 2. The SMILES string of the molecule is NNC(c1ccc(Br)c(F)c1)c1ccc2ncccc2c1. The van der Waals surface area contributed by atoms with Gasteiger partial charge in [0.05, 0.1) is 16.0 Å². The first-order valence-corrected chi connectivity index (χ1v) is 7.24. The van der Waals surface area contributed by atoms with Crippen LogP contribution in [0.3, 0.4) is 0 Å². The summed E-state index contributed by atoms with van der Waals surface area (Å²) in [6.45, 7) is 0. The number of aromatic nitrogens is 1. The molecule has 2 aromatic carbocycles. The fourth-order valence-electron chi connectivity index (χ4n) is 2.35. The van der Waals surface area contributed by atoms with Crippen molar-refractivity contribution in [2.45, 2.75) is 6.04 Å². The molecule has 3 rings (SSSR count). The first-order valence-electron chi connectivity index (χ1n) is 6.45. The van der Waals surface area contributed by atoms with Gasteiger partial charge in [0.1, 0.15) is 5.82 Å². The van der Waals surface area contributed by atoms with Crippen LogP contribution in [-0.4, -0.2) is 4.98 Å². The lowest BCUT2D eigenvalue weighted by atomic mass is 9.98. The van der Waals surface area contributed by atoms with Gasteiger partial charge in [-0.15, -0.1) is 0 Å². The molecule has 106 valence electrons. The molecule has 1 unspecified atom stereocenters. The van der Waals surface area contributed by atoms with Gasteiger partial charge in [-0.2, -0.15) is 0 Å². The predicted molar refractivity (Wildman–Crippen MR) is 85.0 cm³/mol. The van der Waals surface area contributed by atoms with Crippen molar-refractivity contribution >= 4 is 26.8 Å². The molecule has 0 aliphatic rings. The van der Waals surface area contributed by atoms with E-state index in [0.717, 1.165) is 22.0 Å². The predicted octanol–water partition coefficient (Wildman–Crippen LogP) is 3.69. The minimum absolute atomic E-state index is 0.280. The molecule has 0 saturated carbocycles. The second kappa shape index (κ2) is 5.89. The average molecular weight is 346 g/mol. The number of rotatable bonds is 3. The Morgan fingerprint density at radius 2 is 1.86 bits per heavy atom. The van der Waals surface area contributed by atoms with Crippen molar-refractivity contribution in [3.63, 3.8) is 0 Å². The van der Waals surface area contributed by atoms with Gasteiger partial charge in [-0.25, -0.2) is 9.82 Å². The summed E-state index contributed by atoms with van der Waals surface area (Å²) in [5.41, 5.74) is 5.38. The lowest BCUT2D eigenvalue weighted by Gasteiger charge is -2.17. The molecule has 3 aromatic rings. The molecule has 1 aromatic heterocycles. The molecule has 0 bridgehead atoms. The fourth-order valence-corrected chi connectivity index (χ4v) is 2.60. The summed E-state index contributed by atoms with van der Waals surface area (Å²) in [6, 6.07) is 14.5. The molecule has 3 N–H and O–H groups in total. The molecule has 3 nitrogen and oxygen atoms in total. The highest BCUT2D eigenvalue weighted by Crippen LogP contribution is 2.27. The first kappa shape index (κ1) is 14.1. The zero-order valence-corrected chi connectivity index (χ0v) is 12.6. The highest BCUT2D eigenvalue weighted by Gasteiger charge is 2.14. The number of nitrogens with one attached hydrogen (secondary N) is 1. The van der Waals surface area contributed by atoms with Crippen LogP contribution in [-0.2, 0) is 0 Å². The fraction of sp³-hybridized carbons (Fsp3) is 0.0625. The molecule has 0 radical (unpaired) electrons. The minimum atomic E-state index is -0.310. The lowest BCUT2D eigenvalue weighted by Crippen LogP contribution is -2.28. The van der Waals surface area contributed by atoms with E-state index in [9.17, 15) is 4.39 Å². The maximum absolute atomic E-state index is 13.7. The Morgan fingerprint density at radius 3 is 2.62 bits per heavy atom. The van der Waals surface area contributed by atoms with E-state index >= 15 is 0 Å². The van der Waals surface area contributed by atoms with Gasteiger partial charge in [-0.05, 0) is 57.4 Å². The Morgan fingerprint density at radius 1 is 1.10 bits per heavy atom. The van der Waals surface area contributed by atoms with Gasteiger partial charge in [0.25, 0.3) is 0 Å². The van der Waals surface area contributed by atoms with Crippen LogP contribution in [0, 0.1) is 5.82 Å². The van der Waals surface area contributed by atoms with E-state index in [-0.39, 0.29) is 11.9 Å². The maximum atomic E-state index is 13.7. The number of hydrogen-bond acceptors (Lipinski definition) is 3. The van der Waals surface area contributed by atoms with Crippen molar-refractivity contribution in [2.75, 3.05) is 0 Å². The van der Waals surface area contributed by atoms with Gasteiger partial charge in [-0.1, -0.05) is 18.2 Å². The van der Waals surface area contributed by atoms with Crippen molar-refractivity contribution in [3.8, 4) is 0 Å². The van der Waals surface area contributed by atoms with Crippen molar-refractivity contribution in [2.24, 2.45) is 5.84 Å². The number of pyridine rings is 1. The quantitative estimate of drug-likeness (QED) is 0.562. The van der Waals surface area contributed by atoms with E-state index in [4.69, 9.17) is 5.84 Å². The van der Waals surface area contributed by atoms with Crippen molar-refractivity contribution in [3.05, 3.63) is 76.1 Å². The summed E-state index contributed by atoms with van der Waals surface area (Å²) in [7, 11) is 0. The Kier molecular flexibility index (Phi) is 3.96. The number of nitrogens with zero attached hydrogens (tertiary/aromatic N) is 1.